The van der Waals surface area contributed by atoms with Gasteiger partial charge in [0.15, 0.2) is 0 Å². The minimum atomic E-state index is -4.81. The zero-order chi connectivity index (χ0) is 21.4. The van der Waals surface area contributed by atoms with E-state index in [4.69, 9.17) is 9.47 Å². The number of ether oxygens (including phenoxy) is 2. The van der Waals surface area contributed by atoms with Crippen molar-refractivity contribution in [3.63, 3.8) is 0 Å². The van der Waals surface area contributed by atoms with Gasteiger partial charge in [-0.05, 0) is 30.3 Å². The molecule has 8 nitrogen and oxygen atoms in total. The summed E-state index contributed by atoms with van der Waals surface area (Å²) in [7, 11) is 1.46. The summed E-state index contributed by atoms with van der Waals surface area (Å²) < 4.78 is 48.6. The number of carbonyl (C=O) groups is 2. The van der Waals surface area contributed by atoms with Gasteiger partial charge in [-0.15, -0.1) is 0 Å². The van der Waals surface area contributed by atoms with Gasteiger partial charge in [0.1, 0.15) is 18.7 Å². The van der Waals surface area contributed by atoms with Crippen LogP contribution in [-0.4, -0.2) is 36.9 Å². The van der Waals surface area contributed by atoms with Crippen LogP contribution >= 0.6 is 0 Å². The average Bonchev–Trinajstić information content (AvgIpc) is 2.63. The lowest BCUT2D eigenvalue weighted by Gasteiger charge is -2.11. The maximum atomic E-state index is 12.8. The summed E-state index contributed by atoms with van der Waals surface area (Å²) >= 11 is 0. The molecule has 2 N–H and O–H groups in total. The van der Waals surface area contributed by atoms with Gasteiger partial charge in [-0.3, -0.25) is 14.9 Å². The average molecular weight is 413 g/mol. The maximum absolute atomic E-state index is 12.8. The van der Waals surface area contributed by atoms with Crippen LogP contribution in [0.3, 0.4) is 0 Å². The SMILES string of the molecule is COCCOC(=O)Nc1cccc(NC(=O)Cn2cccc(C(F)(F)F)c2=O)c1. The fraction of sp³-hybridized carbons (Fsp3) is 0.278. The Kier molecular flexibility index (Phi) is 7.37. The highest BCUT2D eigenvalue weighted by Crippen LogP contribution is 2.26. The van der Waals surface area contributed by atoms with E-state index >= 15 is 0 Å². The van der Waals surface area contributed by atoms with Gasteiger partial charge in [0, 0.05) is 24.7 Å². The van der Waals surface area contributed by atoms with E-state index in [9.17, 15) is 27.6 Å². The van der Waals surface area contributed by atoms with Crippen LogP contribution in [0.1, 0.15) is 5.56 Å². The fourth-order valence-corrected chi connectivity index (χ4v) is 2.28. The number of nitrogens with zero attached hydrogens (tertiary/aromatic N) is 1. The monoisotopic (exact) mass is 413 g/mol. The first-order valence-electron chi connectivity index (χ1n) is 8.30. The molecule has 0 aliphatic heterocycles. The predicted molar refractivity (Wildman–Crippen MR) is 97.6 cm³/mol. The van der Waals surface area contributed by atoms with Crippen molar-refractivity contribution in [1.29, 1.82) is 0 Å². The highest BCUT2D eigenvalue weighted by Gasteiger charge is 2.34. The molecule has 29 heavy (non-hydrogen) atoms. The topological polar surface area (TPSA) is 98.7 Å². The first kappa shape index (κ1) is 22.0. The molecule has 1 aromatic carbocycles. The molecule has 2 amide bonds. The maximum Gasteiger partial charge on any atom is 0.421 e. The number of aromatic nitrogens is 1. The number of amides is 2. The summed E-state index contributed by atoms with van der Waals surface area (Å²) in [6.07, 6.45) is -4.44. The molecule has 2 aromatic rings. The van der Waals surface area contributed by atoms with Crippen LogP contribution in [0.5, 0.6) is 0 Å². The first-order chi connectivity index (χ1) is 13.7. The lowest BCUT2D eigenvalue weighted by molar-refractivity contribution is -0.139. The third kappa shape index (κ3) is 6.64. The van der Waals surface area contributed by atoms with E-state index in [1.807, 2.05) is 0 Å². The quantitative estimate of drug-likeness (QED) is 0.680. The Morgan fingerprint density at radius 3 is 2.41 bits per heavy atom. The van der Waals surface area contributed by atoms with Gasteiger partial charge in [0.05, 0.1) is 6.61 Å². The van der Waals surface area contributed by atoms with Gasteiger partial charge in [0.25, 0.3) is 5.56 Å². The molecule has 0 saturated heterocycles. The van der Waals surface area contributed by atoms with Crippen LogP contribution in [-0.2, 0) is 27.0 Å². The Morgan fingerprint density at radius 2 is 1.76 bits per heavy atom. The Morgan fingerprint density at radius 1 is 1.07 bits per heavy atom. The largest absolute Gasteiger partial charge is 0.447 e. The molecular weight excluding hydrogens is 395 g/mol. The number of nitrogens with one attached hydrogen (secondary N) is 2. The summed E-state index contributed by atoms with van der Waals surface area (Å²) in [5.41, 5.74) is -2.08. The van der Waals surface area contributed by atoms with Gasteiger partial charge in [-0.1, -0.05) is 6.07 Å². The number of methoxy groups -OCH3 is 1. The number of pyridine rings is 1. The highest BCUT2D eigenvalue weighted by atomic mass is 19.4. The Hall–Kier alpha value is -3.34. The molecule has 0 aliphatic carbocycles. The van der Waals surface area contributed by atoms with Crippen LogP contribution in [0.2, 0.25) is 0 Å². The van der Waals surface area contributed by atoms with E-state index in [0.29, 0.717) is 16.3 Å². The van der Waals surface area contributed by atoms with Crippen LogP contribution in [0.4, 0.5) is 29.3 Å². The minimum Gasteiger partial charge on any atom is -0.447 e. The van der Waals surface area contributed by atoms with Crippen molar-refractivity contribution in [3.05, 3.63) is 58.5 Å². The molecule has 1 heterocycles. The summed E-state index contributed by atoms with van der Waals surface area (Å²) in [4.78, 5) is 35.6. The number of hydrogen-bond acceptors (Lipinski definition) is 5. The van der Waals surface area contributed by atoms with Gasteiger partial charge < -0.3 is 19.4 Å². The van der Waals surface area contributed by atoms with Crippen LogP contribution < -0.4 is 16.2 Å². The van der Waals surface area contributed by atoms with E-state index in [0.717, 1.165) is 12.3 Å². The molecule has 0 bridgehead atoms. The number of carbonyl (C=O) groups excluding carboxylic acids is 2. The number of alkyl halides is 3. The Bertz CT molecular complexity index is 927. The fourth-order valence-electron chi connectivity index (χ4n) is 2.28. The van der Waals surface area contributed by atoms with Crippen molar-refractivity contribution in [2.75, 3.05) is 31.0 Å². The second-order valence-electron chi connectivity index (χ2n) is 5.74. The van der Waals surface area contributed by atoms with E-state index in [-0.39, 0.29) is 18.9 Å². The molecule has 0 spiro atoms. The normalized spacial score (nSPS) is 11.0. The molecule has 0 fully saturated rings. The molecule has 1 aromatic heterocycles. The number of rotatable bonds is 7. The summed E-state index contributed by atoms with van der Waals surface area (Å²) in [6.45, 7) is -0.317. The van der Waals surface area contributed by atoms with E-state index in [2.05, 4.69) is 10.6 Å². The smallest absolute Gasteiger partial charge is 0.421 e. The molecule has 2 rings (SSSR count). The second kappa shape index (κ2) is 9.73. The summed E-state index contributed by atoms with van der Waals surface area (Å²) in [6, 6.07) is 7.70. The van der Waals surface area contributed by atoms with Crippen molar-refractivity contribution in [2.45, 2.75) is 12.7 Å². The van der Waals surface area contributed by atoms with Gasteiger partial charge in [-0.25, -0.2) is 4.79 Å². The number of hydrogen-bond donors (Lipinski definition) is 2. The van der Waals surface area contributed by atoms with Gasteiger partial charge in [-0.2, -0.15) is 13.2 Å². The molecule has 0 atom stereocenters. The van der Waals surface area contributed by atoms with E-state index in [1.54, 1.807) is 6.07 Å². The third-order valence-electron chi connectivity index (χ3n) is 3.55. The number of benzene rings is 1. The second-order valence-corrected chi connectivity index (χ2v) is 5.74. The zero-order valence-electron chi connectivity index (χ0n) is 15.3. The Balaban J connectivity index is 2.01. The minimum absolute atomic E-state index is 0.0600. The molecule has 0 unspecified atom stereocenters. The zero-order valence-corrected chi connectivity index (χ0v) is 15.3. The van der Waals surface area contributed by atoms with Gasteiger partial charge >= 0.3 is 12.3 Å². The first-order valence-corrected chi connectivity index (χ1v) is 8.30. The van der Waals surface area contributed by atoms with Crippen molar-refractivity contribution in [3.8, 4) is 0 Å². The molecule has 0 saturated carbocycles. The van der Waals surface area contributed by atoms with Crippen molar-refractivity contribution < 1.29 is 32.2 Å². The number of anilines is 2. The lowest BCUT2D eigenvalue weighted by Crippen LogP contribution is -2.31. The third-order valence-corrected chi connectivity index (χ3v) is 3.55. The van der Waals surface area contributed by atoms with Crippen LogP contribution in [0, 0.1) is 0 Å². The van der Waals surface area contributed by atoms with Crippen molar-refractivity contribution >= 4 is 23.4 Å². The lowest BCUT2D eigenvalue weighted by atomic mass is 10.2. The molecule has 156 valence electrons. The standard InChI is InChI=1S/C18H18F3N3O5/c1-28-8-9-29-17(27)23-13-5-2-4-12(10-13)22-15(25)11-24-7-3-6-14(16(24)26)18(19,20)21/h2-7,10H,8-9,11H2,1H3,(H,22,25)(H,23,27). The molecule has 0 radical (unpaired) electrons. The Labute approximate surface area is 163 Å². The van der Waals surface area contributed by atoms with Crippen molar-refractivity contribution in [1.82, 2.24) is 4.57 Å². The van der Waals surface area contributed by atoms with E-state index in [1.165, 1.54) is 25.3 Å². The molecule has 0 aliphatic rings. The summed E-state index contributed by atoms with van der Waals surface area (Å²) in [5.74, 6) is -0.716. The molecular formula is C18H18F3N3O5. The van der Waals surface area contributed by atoms with Crippen LogP contribution in [0.15, 0.2) is 47.4 Å². The predicted octanol–water partition coefficient (Wildman–Crippen LogP) is 2.70. The van der Waals surface area contributed by atoms with Gasteiger partial charge in [0.2, 0.25) is 5.91 Å². The number of halogens is 3. The van der Waals surface area contributed by atoms with Crippen molar-refractivity contribution in [2.24, 2.45) is 0 Å². The summed E-state index contributed by atoms with van der Waals surface area (Å²) in [5, 5.41) is 4.90. The van der Waals surface area contributed by atoms with E-state index < -0.39 is 35.8 Å². The van der Waals surface area contributed by atoms with Crippen LogP contribution in [0.25, 0.3) is 0 Å². The molecule has 11 heteroatoms. The highest BCUT2D eigenvalue weighted by molar-refractivity contribution is 5.92.